The van der Waals surface area contributed by atoms with Gasteiger partial charge in [-0.2, -0.15) is 0 Å². The van der Waals surface area contributed by atoms with Gasteiger partial charge in [0.15, 0.2) is 0 Å². The molecule has 1 aromatic heterocycles. The highest BCUT2D eigenvalue weighted by Gasteiger charge is 2.17. The van der Waals surface area contributed by atoms with Gasteiger partial charge in [-0.1, -0.05) is 61.5 Å². The molecule has 0 bridgehead atoms. The number of carbonyl (C=O) groups excluding carboxylic acids is 1. The number of nitrogens with zero attached hydrogens (tertiary/aromatic N) is 1. The lowest BCUT2D eigenvalue weighted by atomic mass is 10.0. The van der Waals surface area contributed by atoms with Crippen LogP contribution in [0.1, 0.15) is 37.2 Å². The SMILES string of the molecule is CCC(CC)CNC(=O)c1ncc(Cl)c(Cl)c1Cl. The van der Waals surface area contributed by atoms with Crippen molar-refractivity contribution in [3.8, 4) is 0 Å². The van der Waals surface area contributed by atoms with E-state index in [1.165, 1.54) is 6.20 Å². The van der Waals surface area contributed by atoms with Crippen LogP contribution in [0, 0.1) is 5.92 Å². The van der Waals surface area contributed by atoms with E-state index < -0.39 is 0 Å². The minimum absolute atomic E-state index is 0.0891. The summed E-state index contributed by atoms with van der Waals surface area (Å²) in [6.45, 7) is 4.78. The summed E-state index contributed by atoms with van der Waals surface area (Å²) in [5, 5.41) is 3.28. The first-order valence-electron chi connectivity index (χ1n) is 5.78. The van der Waals surface area contributed by atoms with Gasteiger partial charge in [0, 0.05) is 12.7 Å². The zero-order valence-corrected chi connectivity index (χ0v) is 12.5. The van der Waals surface area contributed by atoms with Crippen LogP contribution < -0.4 is 5.32 Å². The summed E-state index contributed by atoms with van der Waals surface area (Å²) in [6.07, 6.45) is 3.35. The molecule has 0 aliphatic carbocycles. The van der Waals surface area contributed by atoms with Crippen molar-refractivity contribution in [3.63, 3.8) is 0 Å². The fourth-order valence-corrected chi connectivity index (χ4v) is 2.07. The van der Waals surface area contributed by atoms with Gasteiger partial charge in [-0.15, -0.1) is 0 Å². The average Bonchev–Trinajstić information content (AvgIpc) is 2.37. The van der Waals surface area contributed by atoms with Crippen LogP contribution >= 0.6 is 34.8 Å². The lowest BCUT2D eigenvalue weighted by Gasteiger charge is -2.13. The molecule has 100 valence electrons. The third-order valence-electron chi connectivity index (χ3n) is 2.84. The number of halogens is 3. The van der Waals surface area contributed by atoms with Crippen molar-refractivity contribution in [2.45, 2.75) is 26.7 Å². The number of hydrogen-bond acceptors (Lipinski definition) is 2. The van der Waals surface area contributed by atoms with Crippen molar-refractivity contribution in [1.82, 2.24) is 10.3 Å². The van der Waals surface area contributed by atoms with Gasteiger partial charge in [-0.3, -0.25) is 4.79 Å². The van der Waals surface area contributed by atoms with Crippen molar-refractivity contribution < 1.29 is 4.79 Å². The standard InChI is InChI=1S/C12H15Cl3N2O/c1-3-7(4-2)5-17-12(18)11-10(15)9(14)8(13)6-16-11/h6-7H,3-5H2,1-2H3,(H,17,18). The van der Waals surface area contributed by atoms with Crippen LogP contribution in [0.2, 0.25) is 15.1 Å². The zero-order valence-electron chi connectivity index (χ0n) is 10.3. The molecule has 0 aromatic carbocycles. The van der Waals surface area contributed by atoms with Crippen LogP contribution in [0.4, 0.5) is 0 Å². The molecule has 1 amide bonds. The van der Waals surface area contributed by atoms with E-state index in [1.807, 2.05) is 0 Å². The largest absolute Gasteiger partial charge is 0.350 e. The van der Waals surface area contributed by atoms with Crippen molar-refractivity contribution in [2.75, 3.05) is 6.54 Å². The topological polar surface area (TPSA) is 42.0 Å². The van der Waals surface area contributed by atoms with Gasteiger partial charge in [0.25, 0.3) is 5.91 Å². The van der Waals surface area contributed by atoms with Crippen LogP contribution in [0.25, 0.3) is 0 Å². The Morgan fingerprint density at radius 1 is 1.28 bits per heavy atom. The Kier molecular flexibility index (Phi) is 6.19. The molecule has 0 radical (unpaired) electrons. The first kappa shape index (κ1) is 15.5. The third kappa shape index (κ3) is 3.74. The predicted molar refractivity (Wildman–Crippen MR) is 75.7 cm³/mol. The predicted octanol–water partition coefficient (Wildman–Crippen LogP) is 4.21. The van der Waals surface area contributed by atoms with Crippen LogP contribution in [0.3, 0.4) is 0 Å². The number of rotatable bonds is 5. The summed E-state index contributed by atoms with van der Waals surface area (Å²) >= 11 is 17.5. The number of nitrogens with one attached hydrogen (secondary N) is 1. The lowest BCUT2D eigenvalue weighted by Crippen LogP contribution is -2.29. The summed E-state index contributed by atoms with van der Waals surface area (Å²) in [5.41, 5.74) is 0.108. The number of hydrogen-bond donors (Lipinski definition) is 1. The monoisotopic (exact) mass is 308 g/mol. The van der Waals surface area contributed by atoms with Crippen molar-refractivity contribution >= 4 is 40.7 Å². The molecule has 0 saturated carbocycles. The second-order valence-corrected chi connectivity index (χ2v) is 5.14. The van der Waals surface area contributed by atoms with Gasteiger partial charge in [0.2, 0.25) is 0 Å². The molecule has 0 fully saturated rings. The summed E-state index contributed by atoms with van der Waals surface area (Å²) in [4.78, 5) is 15.8. The van der Waals surface area contributed by atoms with E-state index in [9.17, 15) is 4.79 Å². The highest BCUT2D eigenvalue weighted by molar-refractivity contribution is 6.48. The van der Waals surface area contributed by atoms with E-state index in [0.29, 0.717) is 12.5 Å². The second kappa shape index (κ2) is 7.17. The molecule has 6 heteroatoms. The van der Waals surface area contributed by atoms with Crippen LogP contribution in [0.5, 0.6) is 0 Å². The normalized spacial score (nSPS) is 10.8. The van der Waals surface area contributed by atoms with Crippen molar-refractivity contribution in [1.29, 1.82) is 0 Å². The Morgan fingerprint density at radius 3 is 2.44 bits per heavy atom. The number of aromatic nitrogens is 1. The fraction of sp³-hybridized carbons (Fsp3) is 0.500. The zero-order chi connectivity index (χ0) is 13.7. The minimum atomic E-state index is -0.328. The van der Waals surface area contributed by atoms with Crippen LogP contribution in [-0.2, 0) is 0 Å². The maximum absolute atomic E-state index is 11.9. The number of carbonyl (C=O) groups is 1. The van der Waals surface area contributed by atoms with Gasteiger partial charge in [-0.25, -0.2) is 4.98 Å². The quantitative estimate of drug-likeness (QED) is 0.885. The van der Waals surface area contributed by atoms with Gasteiger partial charge < -0.3 is 5.32 Å². The maximum Gasteiger partial charge on any atom is 0.271 e. The molecular formula is C12H15Cl3N2O. The molecule has 1 heterocycles. The Bertz CT molecular complexity index is 434. The van der Waals surface area contributed by atoms with E-state index in [4.69, 9.17) is 34.8 Å². The molecule has 18 heavy (non-hydrogen) atoms. The highest BCUT2D eigenvalue weighted by Crippen LogP contribution is 2.30. The van der Waals surface area contributed by atoms with Crippen LogP contribution in [0.15, 0.2) is 6.20 Å². The first-order valence-corrected chi connectivity index (χ1v) is 6.92. The molecular weight excluding hydrogens is 295 g/mol. The minimum Gasteiger partial charge on any atom is -0.350 e. The van der Waals surface area contributed by atoms with Gasteiger partial charge in [-0.05, 0) is 5.92 Å². The van der Waals surface area contributed by atoms with E-state index in [2.05, 4.69) is 24.1 Å². The average molecular weight is 310 g/mol. The second-order valence-electron chi connectivity index (χ2n) is 3.98. The Balaban J connectivity index is 2.76. The summed E-state index contributed by atoms with van der Waals surface area (Å²) in [7, 11) is 0. The molecule has 0 unspecified atom stereocenters. The summed E-state index contributed by atoms with van der Waals surface area (Å²) in [6, 6.07) is 0. The first-order chi connectivity index (χ1) is 8.51. The molecule has 0 atom stereocenters. The molecule has 3 nitrogen and oxygen atoms in total. The van der Waals surface area contributed by atoms with E-state index >= 15 is 0 Å². The van der Waals surface area contributed by atoms with E-state index in [-0.39, 0.29) is 26.7 Å². The molecule has 1 aromatic rings. The van der Waals surface area contributed by atoms with Gasteiger partial charge in [0.05, 0.1) is 15.1 Å². The maximum atomic E-state index is 11.9. The van der Waals surface area contributed by atoms with Crippen molar-refractivity contribution in [3.05, 3.63) is 27.0 Å². The third-order valence-corrected chi connectivity index (χ3v) is 4.08. The Hall–Kier alpha value is -0.510. The molecule has 1 N–H and O–H groups in total. The highest BCUT2D eigenvalue weighted by atomic mass is 35.5. The fourth-order valence-electron chi connectivity index (χ4n) is 1.50. The van der Waals surface area contributed by atoms with Crippen molar-refractivity contribution in [2.24, 2.45) is 5.92 Å². The smallest absolute Gasteiger partial charge is 0.271 e. The number of pyridine rings is 1. The Morgan fingerprint density at radius 2 is 1.89 bits per heavy atom. The van der Waals surface area contributed by atoms with Crippen LogP contribution in [-0.4, -0.2) is 17.4 Å². The molecule has 0 spiro atoms. The van der Waals surface area contributed by atoms with Gasteiger partial charge in [0.1, 0.15) is 5.69 Å². The molecule has 0 aliphatic rings. The van der Waals surface area contributed by atoms with E-state index in [0.717, 1.165) is 12.8 Å². The number of amides is 1. The lowest BCUT2D eigenvalue weighted by molar-refractivity contribution is 0.0941. The Labute approximate surface area is 122 Å². The van der Waals surface area contributed by atoms with E-state index in [1.54, 1.807) is 0 Å². The van der Waals surface area contributed by atoms with Gasteiger partial charge >= 0.3 is 0 Å². The molecule has 1 rings (SSSR count). The summed E-state index contributed by atoms with van der Waals surface area (Å²) < 4.78 is 0. The molecule has 0 aliphatic heterocycles. The molecule has 0 saturated heterocycles. The summed E-state index contributed by atoms with van der Waals surface area (Å²) in [5.74, 6) is 0.126.